The van der Waals surface area contributed by atoms with Gasteiger partial charge in [0.25, 0.3) is 5.91 Å². The van der Waals surface area contributed by atoms with E-state index >= 15 is 0 Å². The van der Waals surface area contributed by atoms with Gasteiger partial charge in [0.2, 0.25) is 0 Å². The lowest BCUT2D eigenvalue weighted by molar-refractivity contribution is -0.130. The number of nitrogens with one attached hydrogen (secondary N) is 1. The molecule has 7 heteroatoms. The Hall–Kier alpha value is -2.28. The first-order chi connectivity index (χ1) is 14.0. The molecule has 0 saturated heterocycles. The van der Waals surface area contributed by atoms with Gasteiger partial charge in [-0.05, 0) is 75.3 Å². The van der Waals surface area contributed by atoms with E-state index in [1.54, 1.807) is 13.1 Å². The summed E-state index contributed by atoms with van der Waals surface area (Å²) < 4.78 is 5.33. The maximum Gasteiger partial charge on any atom is 0.350 e. The van der Waals surface area contributed by atoms with E-state index in [1.807, 2.05) is 18.2 Å². The third-order valence-corrected chi connectivity index (χ3v) is 7.80. The molecule has 0 aromatic carbocycles. The Morgan fingerprint density at radius 1 is 1.17 bits per heavy atom. The number of nitrogens with zero attached hydrogens (tertiary/aromatic N) is 2. The van der Waals surface area contributed by atoms with Gasteiger partial charge in [-0.2, -0.15) is 0 Å². The number of aryl methyl sites for hydroxylation is 1. The molecule has 1 N–H and O–H groups in total. The molecule has 29 heavy (non-hydrogen) atoms. The molecule has 4 aliphatic carbocycles. The minimum atomic E-state index is -0.497. The highest BCUT2D eigenvalue weighted by molar-refractivity contribution is 7.17. The van der Waals surface area contributed by atoms with E-state index in [9.17, 15) is 9.59 Å². The van der Waals surface area contributed by atoms with Crippen molar-refractivity contribution in [2.24, 2.45) is 17.8 Å². The van der Waals surface area contributed by atoms with E-state index in [0.29, 0.717) is 15.6 Å². The van der Waals surface area contributed by atoms with Crippen LogP contribution in [0.3, 0.4) is 0 Å². The highest BCUT2D eigenvalue weighted by atomic mass is 32.1. The average Bonchev–Trinajstić information content (AvgIpc) is 3.07. The Kier molecular flexibility index (Phi) is 4.65. The predicted molar refractivity (Wildman–Crippen MR) is 109 cm³/mol. The molecule has 2 aromatic heterocycles. The van der Waals surface area contributed by atoms with Gasteiger partial charge in [0.1, 0.15) is 9.88 Å². The van der Waals surface area contributed by atoms with Gasteiger partial charge in [-0.3, -0.25) is 9.78 Å². The van der Waals surface area contributed by atoms with Crippen LogP contribution in [0.15, 0.2) is 24.4 Å². The normalized spacial score (nSPS) is 29.6. The molecule has 2 aromatic rings. The van der Waals surface area contributed by atoms with Crippen LogP contribution in [0.1, 0.15) is 53.9 Å². The van der Waals surface area contributed by atoms with E-state index in [2.05, 4.69) is 15.3 Å². The van der Waals surface area contributed by atoms with Crippen molar-refractivity contribution in [3.8, 4) is 10.7 Å². The van der Waals surface area contributed by atoms with Crippen molar-refractivity contribution >= 4 is 23.2 Å². The van der Waals surface area contributed by atoms with Gasteiger partial charge >= 0.3 is 5.97 Å². The number of carbonyl (C=O) groups is 2. The number of amides is 1. The molecule has 152 valence electrons. The lowest BCUT2D eigenvalue weighted by atomic mass is 9.53. The van der Waals surface area contributed by atoms with Crippen LogP contribution in [0.25, 0.3) is 10.7 Å². The molecular formula is C22H25N3O3S. The van der Waals surface area contributed by atoms with Crippen LogP contribution >= 0.6 is 11.3 Å². The van der Waals surface area contributed by atoms with E-state index in [1.165, 1.54) is 30.6 Å². The second-order valence-corrected chi connectivity index (χ2v) is 9.97. The van der Waals surface area contributed by atoms with E-state index < -0.39 is 5.97 Å². The quantitative estimate of drug-likeness (QED) is 0.758. The van der Waals surface area contributed by atoms with Crippen molar-refractivity contribution in [1.82, 2.24) is 15.3 Å². The van der Waals surface area contributed by atoms with Crippen LogP contribution in [-0.2, 0) is 9.53 Å². The number of rotatable bonds is 5. The maximum atomic E-state index is 12.6. The zero-order chi connectivity index (χ0) is 20.0. The van der Waals surface area contributed by atoms with Crippen LogP contribution in [0.5, 0.6) is 0 Å². The Morgan fingerprint density at radius 3 is 2.48 bits per heavy atom. The second kappa shape index (κ2) is 7.20. The van der Waals surface area contributed by atoms with Crippen molar-refractivity contribution in [2.75, 3.05) is 6.61 Å². The SMILES string of the molecule is Cc1nc(-c2ccccn2)sc1C(=O)OCC(=O)NC12CC3CC(CC(C3)C1)C2. The minimum Gasteiger partial charge on any atom is -0.451 e. The van der Waals surface area contributed by atoms with E-state index in [0.717, 1.165) is 42.7 Å². The lowest BCUT2D eigenvalue weighted by Crippen LogP contribution is -2.60. The average molecular weight is 412 g/mol. The number of carbonyl (C=O) groups excluding carboxylic acids is 2. The number of aromatic nitrogens is 2. The molecule has 4 bridgehead atoms. The number of esters is 1. The van der Waals surface area contributed by atoms with Crippen LogP contribution in [0.4, 0.5) is 0 Å². The Bertz CT molecular complexity index is 905. The summed E-state index contributed by atoms with van der Waals surface area (Å²) in [5.41, 5.74) is 1.26. The van der Waals surface area contributed by atoms with Crippen molar-refractivity contribution < 1.29 is 14.3 Å². The van der Waals surface area contributed by atoms with E-state index in [4.69, 9.17) is 4.74 Å². The molecule has 0 atom stereocenters. The Balaban J connectivity index is 1.20. The highest BCUT2D eigenvalue weighted by Crippen LogP contribution is 2.55. The molecule has 4 fully saturated rings. The van der Waals surface area contributed by atoms with Crippen molar-refractivity contribution in [1.29, 1.82) is 0 Å². The first kappa shape index (κ1) is 18.7. The summed E-state index contributed by atoms with van der Waals surface area (Å²) >= 11 is 1.25. The van der Waals surface area contributed by atoms with Gasteiger partial charge in [0.15, 0.2) is 6.61 Å². The van der Waals surface area contributed by atoms with Gasteiger partial charge in [-0.15, -0.1) is 11.3 Å². The molecule has 2 heterocycles. The van der Waals surface area contributed by atoms with Crippen LogP contribution in [-0.4, -0.2) is 34.0 Å². The molecule has 0 aliphatic heterocycles. The fraction of sp³-hybridized carbons (Fsp3) is 0.545. The topological polar surface area (TPSA) is 81.2 Å². The molecule has 0 spiro atoms. The summed E-state index contributed by atoms with van der Waals surface area (Å²) in [4.78, 5) is 34.2. The monoisotopic (exact) mass is 411 g/mol. The second-order valence-electron chi connectivity index (χ2n) is 8.97. The smallest absolute Gasteiger partial charge is 0.350 e. The summed E-state index contributed by atoms with van der Waals surface area (Å²) in [6.07, 6.45) is 8.92. The minimum absolute atomic E-state index is 0.0647. The summed E-state index contributed by atoms with van der Waals surface area (Å²) in [6, 6.07) is 5.57. The Morgan fingerprint density at radius 2 is 1.86 bits per heavy atom. The highest BCUT2D eigenvalue weighted by Gasteiger charge is 2.51. The molecule has 4 aliphatic rings. The van der Waals surface area contributed by atoms with Gasteiger partial charge in [-0.25, -0.2) is 9.78 Å². The fourth-order valence-corrected chi connectivity index (χ4v) is 6.91. The molecule has 0 unspecified atom stereocenters. The lowest BCUT2D eigenvalue weighted by Gasteiger charge is -2.56. The number of thiazole rings is 1. The number of pyridine rings is 1. The zero-order valence-electron chi connectivity index (χ0n) is 16.5. The standard InChI is InChI=1S/C22H25N3O3S/c1-13-19(29-20(24-13)17-4-2-3-5-23-17)21(27)28-12-18(26)25-22-9-14-6-15(10-22)8-16(7-14)11-22/h2-5,14-16H,6-12H2,1H3,(H,25,26). The van der Waals surface area contributed by atoms with Gasteiger partial charge in [0.05, 0.1) is 11.4 Å². The Labute approximate surface area is 174 Å². The summed E-state index contributed by atoms with van der Waals surface area (Å²) in [5.74, 6) is 1.59. The van der Waals surface area contributed by atoms with Crippen molar-refractivity contribution in [3.63, 3.8) is 0 Å². The van der Waals surface area contributed by atoms with Crippen LogP contribution in [0.2, 0.25) is 0 Å². The summed E-state index contributed by atoms with van der Waals surface area (Å²) in [5, 5.41) is 3.91. The summed E-state index contributed by atoms with van der Waals surface area (Å²) in [7, 11) is 0. The number of hydrogen-bond acceptors (Lipinski definition) is 6. The molecule has 6 nitrogen and oxygen atoms in total. The third kappa shape index (κ3) is 3.68. The largest absolute Gasteiger partial charge is 0.451 e. The summed E-state index contributed by atoms with van der Waals surface area (Å²) in [6.45, 7) is 1.53. The van der Waals surface area contributed by atoms with Crippen molar-refractivity contribution in [2.45, 2.75) is 51.0 Å². The van der Waals surface area contributed by atoms with Crippen molar-refractivity contribution in [3.05, 3.63) is 35.0 Å². The number of ether oxygens (including phenoxy) is 1. The maximum absolute atomic E-state index is 12.6. The van der Waals surface area contributed by atoms with E-state index in [-0.39, 0.29) is 18.1 Å². The van der Waals surface area contributed by atoms with Crippen LogP contribution in [0, 0.1) is 24.7 Å². The zero-order valence-corrected chi connectivity index (χ0v) is 17.3. The molecule has 1 amide bonds. The van der Waals surface area contributed by atoms with Crippen LogP contribution < -0.4 is 5.32 Å². The van der Waals surface area contributed by atoms with Gasteiger partial charge in [-0.1, -0.05) is 6.07 Å². The third-order valence-electron chi connectivity index (χ3n) is 6.64. The van der Waals surface area contributed by atoms with Gasteiger partial charge in [0, 0.05) is 11.7 Å². The molecule has 0 radical (unpaired) electrons. The number of hydrogen-bond donors (Lipinski definition) is 1. The predicted octanol–water partition coefficient (Wildman–Crippen LogP) is 3.76. The molecule has 4 saturated carbocycles. The van der Waals surface area contributed by atoms with Gasteiger partial charge < -0.3 is 10.1 Å². The fourth-order valence-electron chi connectivity index (χ4n) is 5.98. The first-order valence-electron chi connectivity index (χ1n) is 10.4. The molecule has 6 rings (SSSR count). The molecular weight excluding hydrogens is 386 g/mol. The first-order valence-corrected chi connectivity index (χ1v) is 11.2.